The minimum Gasteiger partial charge on any atom is -0.298 e. The predicted molar refractivity (Wildman–Crippen MR) is 74.2 cm³/mol. The zero-order valence-corrected chi connectivity index (χ0v) is 11.8. The summed E-state index contributed by atoms with van der Waals surface area (Å²) < 4.78 is 0. The third-order valence-electron chi connectivity index (χ3n) is 3.20. The van der Waals surface area contributed by atoms with Crippen molar-refractivity contribution in [3.8, 4) is 6.07 Å². The van der Waals surface area contributed by atoms with Crippen molar-refractivity contribution in [3.05, 3.63) is 30.1 Å². The second-order valence-electron chi connectivity index (χ2n) is 5.15. The van der Waals surface area contributed by atoms with Crippen molar-refractivity contribution in [1.82, 2.24) is 9.88 Å². The van der Waals surface area contributed by atoms with E-state index in [4.69, 9.17) is 0 Å². The molecule has 0 aliphatic carbocycles. The van der Waals surface area contributed by atoms with E-state index in [1.54, 1.807) is 6.20 Å². The minimum atomic E-state index is -0.105. The van der Waals surface area contributed by atoms with Crippen molar-refractivity contribution in [3.63, 3.8) is 0 Å². The van der Waals surface area contributed by atoms with Crippen molar-refractivity contribution in [2.45, 2.75) is 52.1 Å². The Hall–Kier alpha value is -1.40. The Balaban J connectivity index is 2.63. The number of hydrogen-bond acceptors (Lipinski definition) is 3. The molecule has 1 atom stereocenters. The van der Waals surface area contributed by atoms with Crippen LogP contribution < -0.4 is 0 Å². The van der Waals surface area contributed by atoms with Gasteiger partial charge in [-0.2, -0.15) is 5.26 Å². The van der Waals surface area contributed by atoms with E-state index in [-0.39, 0.29) is 5.92 Å². The van der Waals surface area contributed by atoms with Gasteiger partial charge in [0.15, 0.2) is 0 Å². The number of nitriles is 1. The van der Waals surface area contributed by atoms with Crippen molar-refractivity contribution < 1.29 is 0 Å². The number of nitrogens with zero attached hydrogens (tertiary/aromatic N) is 3. The molecule has 1 aromatic rings. The van der Waals surface area contributed by atoms with Crippen LogP contribution in [-0.4, -0.2) is 28.5 Å². The van der Waals surface area contributed by atoms with Gasteiger partial charge in [-0.25, -0.2) is 0 Å². The summed E-state index contributed by atoms with van der Waals surface area (Å²) in [4.78, 5) is 6.69. The molecule has 1 rings (SSSR count). The molecule has 1 aromatic heterocycles. The first-order chi connectivity index (χ1) is 8.56. The molecule has 0 aromatic carbocycles. The molecule has 18 heavy (non-hydrogen) atoms. The van der Waals surface area contributed by atoms with Crippen LogP contribution in [0.4, 0.5) is 0 Å². The Morgan fingerprint density at radius 1 is 1.22 bits per heavy atom. The Morgan fingerprint density at radius 2 is 1.89 bits per heavy atom. The van der Waals surface area contributed by atoms with Crippen molar-refractivity contribution in [1.29, 1.82) is 5.26 Å². The fourth-order valence-electron chi connectivity index (χ4n) is 2.25. The van der Waals surface area contributed by atoms with E-state index in [2.05, 4.69) is 43.6 Å². The lowest BCUT2D eigenvalue weighted by Crippen LogP contribution is -2.38. The zero-order chi connectivity index (χ0) is 13.5. The van der Waals surface area contributed by atoms with Gasteiger partial charge in [0.2, 0.25) is 0 Å². The molecule has 0 fully saturated rings. The van der Waals surface area contributed by atoms with Crippen molar-refractivity contribution in [2.75, 3.05) is 6.54 Å². The van der Waals surface area contributed by atoms with Gasteiger partial charge >= 0.3 is 0 Å². The molecule has 0 bridgehead atoms. The summed E-state index contributed by atoms with van der Waals surface area (Å²) in [5.41, 5.74) is 0.882. The van der Waals surface area contributed by atoms with E-state index < -0.39 is 0 Å². The topological polar surface area (TPSA) is 39.9 Å². The van der Waals surface area contributed by atoms with Gasteiger partial charge in [-0.05, 0) is 46.2 Å². The van der Waals surface area contributed by atoms with Crippen LogP contribution in [0, 0.1) is 11.3 Å². The highest BCUT2D eigenvalue weighted by molar-refractivity contribution is 5.16. The van der Waals surface area contributed by atoms with Crippen LogP contribution in [0.15, 0.2) is 24.4 Å². The highest BCUT2D eigenvalue weighted by Gasteiger charge is 2.17. The van der Waals surface area contributed by atoms with Gasteiger partial charge in [-0.1, -0.05) is 6.07 Å². The quantitative estimate of drug-likeness (QED) is 0.772. The van der Waals surface area contributed by atoms with Gasteiger partial charge in [0.1, 0.15) is 0 Å². The van der Waals surface area contributed by atoms with Gasteiger partial charge in [-0.15, -0.1) is 0 Å². The van der Waals surface area contributed by atoms with Gasteiger partial charge < -0.3 is 0 Å². The maximum atomic E-state index is 9.26. The lowest BCUT2D eigenvalue weighted by molar-refractivity contribution is 0.171. The Morgan fingerprint density at radius 3 is 2.33 bits per heavy atom. The van der Waals surface area contributed by atoms with Gasteiger partial charge in [-0.3, -0.25) is 9.88 Å². The fraction of sp³-hybridized carbons (Fsp3) is 0.600. The molecule has 0 radical (unpaired) electrons. The van der Waals surface area contributed by atoms with Crippen LogP contribution in [0.1, 0.15) is 45.7 Å². The monoisotopic (exact) mass is 245 g/mol. The van der Waals surface area contributed by atoms with Crippen LogP contribution in [0.5, 0.6) is 0 Å². The number of rotatable bonds is 6. The predicted octanol–water partition coefficient (Wildman–Crippen LogP) is 3.20. The van der Waals surface area contributed by atoms with E-state index in [0.29, 0.717) is 12.1 Å². The molecule has 3 nitrogen and oxygen atoms in total. The highest BCUT2D eigenvalue weighted by Crippen LogP contribution is 2.18. The lowest BCUT2D eigenvalue weighted by atomic mass is 10.0. The van der Waals surface area contributed by atoms with E-state index in [0.717, 1.165) is 18.7 Å². The second-order valence-corrected chi connectivity index (χ2v) is 5.15. The normalized spacial score (nSPS) is 13.0. The van der Waals surface area contributed by atoms with E-state index in [1.165, 1.54) is 0 Å². The van der Waals surface area contributed by atoms with Crippen LogP contribution in [0.25, 0.3) is 0 Å². The molecule has 0 aliphatic heterocycles. The van der Waals surface area contributed by atoms with Crippen LogP contribution >= 0.6 is 0 Å². The smallest absolute Gasteiger partial charge is 0.0896 e. The number of aromatic nitrogens is 1. The summed E-state index contributed by atoms with van der Waals surface area (Å²) in [5, 5.41) is 9.26. The molecule has 0 spiro atoms. The zero-order valence-electron chi connectivity index (χ0n) is 11.8. The van der Waals surface area contributed by atoms with Crippen LogP contribution in [0.2, 0.25) is 0 Å². The summed E-state index contributed by atoms with van der Waals surface area (Å²) >= 11 is 0. The summed E-state index contributed by atoms with van der Waals surface area (Å²) in [7, 11) is 0. The van der Waals surface area contributed by atoms with Gasteiger partial charge in [0.05, 0.1) is 17.7 Å². The summed E-state index contributed by atoms with van der Waals surface area (Å²) in [6.07, 6.45) is 2.59. The molecule has 1 unspecified atom stereocenters. The molecule has 3 heteroatoms. The molecule has 0 saturated heterocycles. The first kappa shape index (κ1) is 14.7. The van der Waals surface area contributed by atoms with Crippen molar-refractivity contribution in [2.24, 2.45) is 0 Å². The SMILES string of the molecule is CC(C)N(CCC(C#N)c1ccccn1)C(C)C. The molecule has 0 aliphatic rings. The van der Waals surface area contributed by atoms with Crippen molar-refractivity contribution >= 4 is 0 Å². The maximum Gasteiger partial charge on any atom is 0.0896 e. The lowest BCUT2D eigenvalue weighted by Gasteiger charge is -2.31. The van der Waals surface area contributed by atoms with Gasteiger partial charge in [0.25, 0.3) is 0 Å². The van der Waals surface area contributed by atoms with Crippen LogP contribution in [-0.2, 0) is 0 Å². The first-order valence-electron chi connectivity index (χ1n) is 6.62. The average molecular weight is 245 g/mol. The molecule has 0 amide bonds. The molecule has 0 saturated carbocycles. The Kier molecular flexibility index (Phi) is 5.80. The first-order valence-corrected chi connectivity index (χ1v) is 6.62. The van der Waals surface area contributed by atoms with E-state index in [1.807, 2.05) is 18.2 Å². The second kappa shape index (κ2) is 7.13. The molecular weight excluding hydrogens is 222 g/mol. The Bertz CT molecular complexity index is 370. The third-order valence-corrected chi connectivity index (χ3v) is 3.20. The van der Waals surface area contributed by atoms with E-state index >= 15 is 0 Å². The fourth-order valence-corrected chi connectivity index (χ4v) is 2.25. The Labute approximate surface area is 110 Å². The summed E-state index contributed by atoms with van der Waals surface area (Å²) in [6.45, 7) is 9.72. The molecular formula is C15H23N3. The van der Waals surface area contributed by atoms with Gasteiger partial charge in [0, 0.05) is 24.8 Å². The standard InChI is InChI=1S/C15H23N3/c1-12(2)18(13(3)4)10-8-14(11-16)15-7-5-6-9-17-15/h5-7,9,12-14H,8,10H2,1-4H3. The number of hydrogen-bond donors (Lipinski definition) is 0. The maximum absolute atomic E-state index is 9.26. The van der Waals surface area contributed by atoms with Crippen LogP contribution in [0.3, 0.4) is 0 Å². The summed E-state index contributed by atoms with van der Waals surface area (Å²) in [6, 6.07) is 9.13. The molecule has 0 N–H and O–H groups in total. The number of pyridine rings is 1. The van der Waals surface area contributed by atoms with E-state index in [9.17, 15) is 5.26 Å². The molecule has 98 valence electrons. The minimum absolute atomic E-state index is 0.105. The molecule has 1 heterocycles. The third kappa shape index (κ3) is 4.12. The largest absolute Gasteiger partial charge is 0.298 e. The highest BCUT2D eigenvalue weighted by atomic mass is 15.2. The summed E-state index contributed by atoms with van der Waals surface area (Å²) in [5.74, 6) is -0.105. The average Bonchev–Trinajstić information content (AvgIpc) is 2.34.